The van der Waals surface area contributed by atoms with Crippen molar-refractivity contribution in [3.05, 3.63) is 0 Å². The minimum atomic E-state index is -0.478. The molecule has 0 heterocycles. The van der Waals surface area contributed by atoms with Gasteiger partial charge in [0, 0.05) is 46.4 Å². The van der Waals surface area contributed by atoms with E-state index >= 15 is 0 Å². The Bertz CT molecular complexity index is 367. The second-order valence-electron chi connectivity index (χ2n) is 6.50. The van der Waals surface area contributed by atoms with Gasteiger partial charge in [-0.25, -0.2) is 4.79 Å². The molecule has 0 bridgehead atoms. The van der Waals surface area contributed by atoms with Crippen LogP contribution in [0, 0.1) is 0 Å². The van der Waals surface area contributed by atoms with Gasteiger partial charge < -0.3 is 25.0 Å². The summed E-state index contributed by atoms with van der Waals surface area (Å²) in [6.07, 6.45) is 1.50. The summed E-state index contributed by atoms with van der Waals surface area (Å²) >= 11 is 0. The summed E-state index contributed by atoms with van der Waals surface area (Å²) in [4.78, 5) is 18.4. The van der Waals surface area contributed by atoms with Gasteiger partial charge in [0.15, 0.2) is 5.96 Å². The van der Waals surface area contributed by atoms with Crippen LogP contribution < -0.4 is 10.6 Å². The standard InChI is InChI=1S/C17H36N4O3/c1-7-12-21(16(22)24-17(3,4)5)13-11-20-15(18-8-2)19-10-9-14-23-6/h7-14H2,1-6H3,(H2,18,19,20). The van der Waals surface area contributed by atoms with E-state index in [-0.39, 0.29) is 6.09 Å². The molecule has 0 aromatic rings. The van der Waals surface area contributed by atoms with Crippen molar-refractivity contribution in [3.8, 4) is 0 Å². The van der Waals surface area contributed by atoms with Crippen LogP contribution in [0.1, 0.15) is 47.5 Å². The quantitative estimate of drug-likeness (QED) is 0.361. The SMILES string of the molecule is CCCN(CCNC(=NCCCOC)NCC)C(=O)OC(C)(C)C. The largest absolute Gasteiger partial charge is 0.444 e. The highest BCUT2D eigenvalue weighted by molar-refractivity contribution is 5.79. The van der Waals surface area contributed by atoms with Gasteiger partial charge in [-0.3, -0.25) is 4.99 Å². The van der Waals surface area contributed by atoms with Crippen LogP contribution in [0.2, 0.25) is 0 Å². The van der Waals surface area contributed by atoms with Gasteiger partial charge >= 0.3 is 6.09 Å². The van der Waals surface area contributed by atoms with Crippen molar-refractivity contribution in [2.45, 2.75) is 53.1 Å². The molecule has 0 fully saturated rings. The number of nitrogens with zero attached hydrogens (tertiary/aromatic N) is 2. The highest BCUT2D eigenvalue weighted by Crippen LogP contribution is 2.10. The molecule has 0 aliphatic rings. The maximum Gasteiger partial charge on any atom is 0.410 e. The van der Waals surface area contributed by atoms with Crippen molar-refractivity contribution in [2.24, 2.45) is 4.99 Å². The number of rotatable bonds is 10. The van der Waals surface area contributed by atoms with Gasteiger partial charge in [0.1, 0.15) is 5.60 Å². The Kier molecular flexibility index (Phi) is 12.1. The summed E-state index contributed by atoms with van der Waals surface area (Å²) in [5.74, 6) is 0.759. The van der Waals surface area contributed by atoms with Crippen LogP contribution in [0.25, 0.3) is 0 Å². The van der Waals surface area contributed by atoms with E-state index in [4.69, 9.17) is 9.47 Å². The molecule has 0 saturated carbocycles. The van der Waals surface area contributed by atoms with Crippen LogP contribution in [0.15, 0.2) is 4.99 Å². The first kappa shape index (κ1) is 22.5. The summed E-state index contributed by atoms with van der Waals surface area (Å²) in [5.41, 5.74) is -0.478. The van der Waals surface area contributed by atoms with Crippen molar-refractivity contribution in [3.63, 3.8) is 0 Å². The highest BCUT2D eigenvalue weighted by Gasteiger charge is 2.21. The van der Waals surface area contributed by atoms with Crippen LogP contribution in [0.4, 0.5) is 4.79 Å². The van der Waals surface area contributed by atoms with E-state index in [9.17, 15) is 4.79 Å². The fourth-order valence-electron chi connectivity index (χ4n) is 1.94. The van der Waals surface area contributed by atoms with Crippen LogP contribution in [-0.2, 0) is 9.47 Å². The third-order valence-electron chi connectivity index (χ3n) is 2.94. The lowest BCUT2D eigenvalue weighted by Crippen LogP contribution is -2.44. The summed E-state index contributed by atoms with van der Waals surface area (Å²) in [6, 6.07) is 0. The summed E-state index contributed by atoms with van der Waals surface area (Å²) in [7, 11) is 1.69. The van der Waals surface area contributed by atoms with Crippen molar-refractivity contribution in [2.75, 3.05) is 46.4 Å². The van der Waals surface area contributed by atoms with Crippen molar-refractivity contribution < 1.29 is 14.3 Å². The Labute approximate surface area is 147 Å². The van der Waals surface area contributed by atoms with E-state index in [2.05, 4.69) is 15.6 Å². The molecular weight excluding hydrogens is 308 g/mol. The third-order valence-corrected chi connectivity index (χ3v) is 2.94. The molecule has 0 radical (unpaired) electrons. The molecule has 7 nitrogen and oxygen atoms in total. The minimum Gasteiger partial charge on any atom is -0.444 e. The molecule has 0 aliphatic heterocycles. The molecule has 0 atom stereocenters. The maximum absolute atomic E-state index is 12.2. The number of methoxy groups -OCH3 is 1. The highest BCUT2D eigenvalue weighted by atomic mass is 16.6. The molecule has 0 saturated heterocycles. The minimum absolute atomic E-state index is 0.270. The number of aliphatic imine (C=N–C) groups is 1. The van der Waals surface area contributed by atoms with Gasteiger partial charge in [0.25, 0.3) is 0 Å². The molecular formula is C17H36N4O3. The average Bonchev–Trinajstić information content (AvgIpc) is 2.48. The number of guanidine groups is 1. The van der Waals surface area contributed by atoms with Crippen LogP contribution in [0.3, 0.4) is 0 Å². The van der Waals surface area contributed by atoms with Crippen molar-refractivity contribution >= 4 is 12.1 Å². The number of amides is 1. The number of hydrogen-bond donors (Lipinski definition) is 2. The zero-order valence-electron chi connectivity index (χ0n) is 16.3. The molecule has 0 spiro atoms. The van der Waals surface area contributed by atoms with Gasteiger partial charge in [-0.15, -0.1) is 0 Å². The van der Waals surface area contributed by atoms with E-state index in [0.717, 1.165) is 25.3 Å². The molecule has 24 heavy (non-hydrogen) atoms. The van der Waals surface area contributed by atoms with Crippen molar-refractivity contribution in [1.82, 2.24) is 15.5 Å². The maximum atomic E-state index is 12.2. The predicted octanol–water partition coefficient (Wildman–Crippen LogP) is 2.23. The topological polar surface area (TPSA) is 75.2 Å². The monoisotopic (exact) mass is 344 g/mol. The fraction of sp³-hybridized carbons (Fsp3) is 0.882. The average molecular weight is 345 g/mol. The Morgan fingerprint density at radius 2 is 1.88 bits per heavy atom. The van der Waals surface area contributed by atoms with Crippen LogP contribution >= 0.6 is 0 Å². The molecule has 1 amide bonds. The van der Waals surface area contributed by atoms with E-state index in [1.54, 1.807) is 12.0 Å². The number of carbonyl (C=O) groups excluding carboxylic acids is 1. The molecule has 0 aromatic carbocycles. The summed E-state index contributed by atoms with van der Waals surface area (Å²) in [6.45, 7) is 13.8. The molecule has 7 heteroatoms. The molecule has 0 aromatic heterocycles. The summed E-state index contributed by atoms with van der Waals surface area (Å²) < 4.78 is 10.5. The Morgan fingerprint density at radius 3 is 2.42 bits per heavy atom. The smallest absolute Gasteiger partial charge is 0.410 e. The normalized spacial score (nSPS) is 12.0. The molecule has 142 valence electrons. The van der Waals surface area contributed by atoms with E-state index in [0.29, 0.717) is 32.8 Å². The lowest BCUT2D eigenvalue weighted by atomic mass is 10.2. The van der Waals surface area contributed by atoms with E-state index in [1.165, 1.54) is 0 Å². The molecule has 2 N–H and O–H groups in total. The van der Waals surface area contributed by atoms with Gasteiger partial charge in [-0.1, -0.05) is 6.92 Å². The number of nitrogens with one attached hydrogen (secondary N) is 2. The zero-order valence-corrected chi connectivity index (χ0v) is 16.3. The Hall–Kier alpha value is -1.50. The molecule has 0 rings (SSSR count). The first-order valence-electron chi connectivity index (χ1n) is 8.83. The predicted molar refractivity (Wildman–Crippen MR) is 98.6 cm³/mol. The van der Waals surface area contributed by atoms with Crippen LogP contribution in [-0.4, -0.2) is 69.0 Å². The molecule has 0 aliphatic carbocycles. The van der Waals surface area contributed by atoms with Gasteiger partial charge in [-0.2, -0.15) is 0 Å². The lowest BCUT2D eigenvalue weighted by molar-refractivity contribution is 0.0253. The summed E-state index contributed by atoms with van der Waals surface area (Å²) in [5, 5.41) is 6.45. The molecule has 0 unspecified atom stereocenters. The van der Waals surface area contributed by atoms with E-state index < -0.39 is 5.60 Å². The second kappa shape index (κ2) is 12.9. The number of hydrogen-bond acceptors (Lipinski definition) is 4. The number of carbonyl (C=O) groups is 1. The van der Waals surface area contributed by atoms with Gasteiger partial charge in [0.05, 0.1) is 0 Å². The zero-order chi connectivity index (χ0) is 18.4. The Morgan fingerprint density at radius 1 is 1.17 bits per heavy atom. The first-order valence-corrected chi connectivity index (χ1v) is 8.83. The lowest BCUT2D eigenvalue weighted by Gasteiger charge is -2.27. The third kappa shape index (κ3) is 12.0. The van der Waals surface area contributed by atoms with Crippen molar-refractivity contribution in [1.29, 1.82) is 0 Å². The fourth-order valence-corrected chi connectivity index (χ4v) is 1.94. The van der Waals surface area contributed by atoms with Crippen LogP contribution in [0.5, 0.6) is 0 Å². The first-order chi connectivity index (χ1) is 11.3. The van der Waals surface area contributed by atoms with E-state index in [1.807, 2.05) is 34.6 Å². The second-order valence-corrected chi connectivity index (χ2v) is 6.50. The van der Waals surface area contributed by atoms with Gasteiger partial charge in [0.2, 0.25) is 0 Å². The Balaban J connectivity index is 4.41. The van der Waals surface area contributed by atoms with Gasteiger partial charge in [-0.05, 0) is 40.5 Å². The number of ether oxygens (including phenoxy) is 2.